The van der Waals surface area contributed by atoms with E-state index in [1.807, 2.05) is 0 Å². The van der Waals surface area contributed by atoms with E-state index in [0.29, 0.717) is 19.0 Å². The molecule has 0 spiro atoms. The van der Waals surface area contributed by atoms with Gasteiger partial charge in [-0.1, -0.05) is 0 Å². The van der Waals surface area contributed by atoms with Gasteiger partial charge in [-0.25, -0.2) is 4.99 Å². The summed E-state index contributed by atoms with van der Waals surface area (Å²) in [5.41, 5.74) is 0. The average molecular weight is 173 g/mol. The first-order valence-corrected chi connectivity index (χ1v) is 3.65. The van der Waals surface area contributed by atoms with Crippen LogP contribution in [0.1, 0.15) is 6.42 Å². The summed E-state index contributed by atoms with van der Waals surface area (Å²) < 4.78 is 9.98. The van der Waals surface area contributed by atoms with Crippen molar-refractivity contribution in [1.29, 1.82) is 0 Å². The van der Waals surface area contributed by atoms with Crippen LogP contribution in [0.15, 0.2) is 4.99 Å². The fourth-order valence-corrected chi connectivity index (χ4v) is 0.977. The Balaban J connectivity index is 2.49. The summed E-state index contributed by atoms with van der Waals surface area (Å²) in [5.74, 6) is -0.514. The van der Waals surface area contributed by atoms with Crippen LogP contribution >= 0.6 is 0 Å². The Kier molecular flexibility index (Phi) is 3.04. The smallest absolute Gasteiger partial charge is 0.306 e. The minimum Gasteiger partial charge on any atom is -0.481 e. The third-order valence-electron chi connectivity index (χ3n) is 1.53. The molecule has 5 nitrogen and oxygen atoms in total. The Morgan fingerprint density at radius 3 is 3.08 bits per heavy atom. The number of nitrogens with zero attached hydrogens (tertiary/aromatic N) is 1. The van der Waals surface area contributed by atoms with Crippen molar-refractivity contribution in [2.75, 3.05) is 20.3 Å². The normalized spacial score (nSPS) is 18.2. The van der Waals surface area contributed by atoms with Gasteiger partial charge in [-0.2, -0.15) is 0 Å². The molecule has 1 aliphatic rings. The van der Waals surface area contributed by atoms with Crippen molar-refractivity contribution in [1.82, 2.24) is 0 Å². The fraction of sp³-hybridized carbons (Fsp3) is 0.714. The van der Waals surface area contributed by atoms with Crippen molar-refractivity contribution < 1.29 is 19.4 Å². The zero-order chi connectivity index (χ0) is 8.97. The molecular weight excluding hydrogens is 162 g/mol. The van der Waals surface area contributed by atoms with E-state index in [-0.39, 0.29) is 6.42 Å². The zero-order valence-electron chi connectivity index (χ0n) is 6.82. The van der Waals surface area contributed by atoms with E-state index in [0.717, 1.165) is 0 Å². The van der Waals surface area contributed by atoms with Crippen molar-refractivity contribution in [2.45, 2.75) is 12.5 Å². The first kappa shape index (κ1) is 8.99. The van der Waals surface area contributed by atoms with Gasteiger partial charge in [0.1, 0.15) is 12.7 Å². The number of aliphatic imine (C=N–C) groups is 1. The minimum absolute atomic E-state index is 0.102. The molecule has 0 aromatic rings. The van der Waals surface area contributed by atoms with Crippen LogP contribution < -0.4 is 0 Å². The fourth-order valence-electron chi connectivity index (χ4n) is 0.977. The van der Waals surface area contributed by atoms with E-state index in [1.54, 1.807) is 0 Å². The van der Waals surface area contributed by atoms with Gasteiger partial charge in [-0.05, 0) is 0 Å². The molecule has 1 heterocycles. The zero-order valence-corrected chi connectivity index (χ0v) is 6.82. The molecule has 0 aliphatic carbocycles. The lowest BCUT2D eigenvalue weighted by Crippen LogP contribution is -2.26. The number of hydrogen-bond donors (Lipinski definition) is 1. The van der Waals surface area contributed by atoms with Crippen molar-refractivity contribution in [3.05, 3.63) is 0 Å². The Morgan fingerprint density at radius 2 is 2.67 bits per heavy atom. The number of ether oxygens (including phenoxy) is 2. The molecule has 12 heavy (non-hydrogen) atoms. The van der Waals surface area contributed by atoms with Crippen LogP contribution in [-0.2, 0) is 14.3 Å². The first-order chi connectivity index (χ1) is 5.74. The minimum atomic E-state index is -0.917. The Labute approximate surface area is 70.0 Å². The molecule has 1 rings (SSSR count). The summed E-state index contributed by atoms with van der Waals surface area (Å²) in [6.07, 6.45) is -0.639. The third-order valence-corrected chi connectivity index (χ3v) is 1.53. The molecule has 1 N–H and O–H groups in total. The van der Waals surface area contributed by atoms with Crippen LogP contribution in [0.4, 0.5) is 0 Å². The Bertz CT molecular complexity index is 202. The lowest BCUT2D eigenvalue weighted by Gasteiger charge is -2.11. The van der Waals surface area contributed by atoms with E-state index in [4.69, 9.17) is 14.6 Å². The first-order valence-electron chi connectivity index (χ1n) is 3.65. The van der Waals surface area contributed by atoms with Gasteiger partial charge in [0.15, 0.2) is 0 Å². The summed E-state index contributed by atoms with van der Waals surface area (Å²) in [6, 6.07) is 0. The number of carboxylic acids is 1. The molecule has 0 saturated carbocycles. The van der Waals surface area contributed by atoms with Gasteiger partial charge in [0.2, 0.25) is 5.90 Å². The Morgan fingerprint density at radius 1 is 1.92 bits per heavy atom. The van der Waals surface area contributed by atoms with Crippen LogP contribution in [0, 0.1) is 0 Å². The second-order valence-corrected chi connectivity index (χ2v) is 2.39. The van der Waals surface area contributed by atoms with Crippen LogP contribution in [0.3, 0.4) is 0 Å². The van der Waals surface area contributed by atoms with E-state index in [1.165, 1.54) is 7.11 Å². The standard InChI is InChI=1S/C7H11NO4/c1-11-5(4-6(9)10)7-8-2-3-12-7/h5H,2-4H2,1H3,(H,9,10). The van der Waals surface area contributed by atoms with Gasteiger partial charge in [0, 0.05) is 7.11 Å². The van der Waals surface area contributed by atoms with Crippen molar-refractivity contribution in [2.24, 2.45) is 4.99 Å². The van der Waals surface area contributed by atoms with Gasteiger partial charge in [0.25, 0.3) is 0 Å². The molecule has 5 heteroatoms. The lowest BCUT2D eigenvalue weighted by atomic mass is 10.2. The highest BCUT2D eigenvalue weighted by Crippen LogP contribution is 2.06. The lowest BCUT2D eigenvalue weighted by molar-refractivity contribution is -0.138. The van der Waals surface area contributed by atoms with Crippen molar-refractivity contribution in [3.63, 3.8) is 0 Å². The quantitative estimate of drug-likeness (QED) is 0.644. The second kappa shape index (κ2) is 4.06. The van der Waals surface area contributed by atoms with Crippen LogP contribution in [0.5, 0.6) is 0 Å². The maximum Gasteiger partial charge on any atom is 0.306 e. The maximum atomic E-state index is 10.3. The van der Waals surface area contributed by atoms with E-state index < -0.39 is 12.1 Å². The predicted octanol–water partition coefficient (Wildman–Crippen LogP) is -0.0952. The largest absolute Gasteiger partial charge is 0.481 e. The molecule has 0 saturated heterocycles. The van der Waals surface area contributed by atoms with E-state index in [2.05, 4.69) is 4.99 Å². The van der Waals surface area contributed by atoms with Gasteiger partial charge in [-0.3, -0.25) is 4.79 Å². The highest BCUT2D eigenvalue weighted by molar-refractivity contribution is 5.86. The Hall–Kier alpha value is -1.10. The molecule has 0 fully saturated rings. The monoisotopic (exact) mass is 173 g/mol. The molecular formula is C7H11NO4. The number of carboxylic acid groups (broad SMARTS) is 1. The number of methoxy groups -OCH3 is 1. The summed E-state index contributed by atoms with van der Waals surface area (Å²) >= 11 is 0. The number of aliphatic carboxylic acids is 1. The van der Waals surface area contributed by atoms with E-state index >= 15 is 0 Å². The van der Waals surface area contributed by atoms with E-state index in [9.17, 15) is 4.79 Å². The summed E-state index contributed by atoms with van der Waals surface area (Å²) in [7, 11) is 1.44. The van der Waals surface area contributed by atoms with Crippen molar-refractivity contribution >= 4 is 11.9 Å². The second-order valence-electron chi connectivity index (χ2n) is 2.39. The SMILES string of the molecule is COC(CC(=O)O)C1=NCCO1. The summed E-state index contributed by atoms with van der Waals surface area (Å²) in [6.45, 7) is 1.11. The molecule has 1 aliphatic heterocycles. The van der Waals surface area contributed by atoms with Crippen LogP contribution in [0.2, 0.25) is 0 Å². The maximum absolute atomic E-state index is 10.3. The van der Waals surface area contributed by atoms with Crippen molar-refractivity contribution in [3.8, 4) is 0 Å². The van der Waals surface area contributed by atoms with Gasteiger partial charge in [-0.15, -0.1) is 0 Å². The van der Waals surface area contributed by atoms with Gasteiger partial charge < -0.3 is 14.6 Å². The molecule has 0 aromatic heterocycles. The highest BCUT2D eigenvalue weighted by atomic mass is 16.5. The summed E-state index contributed by atoms with van der Waals surface area (Å²) in [5, 5.41) is 8.48. The molecule has 0 radical (unpaired) electrons. The molecule has 0 amide bonds. The van der Waals surface area contributed by atoms with Gasteiger partial charge >= 0.3 is 5.97 Å². The third kappa shape index (κ3) is 2.20. The van der Waals surface area contributed by atoms with Crippen LogP contribution in [-0.4, -0.2) is 43.3 Å². The predicted molar refractivity (Wildman–Crippen MR) is 41.3 cm³/mol. The summed E-state index contributed by atoms with van der Waals surface area (Å²) in [4.78, 5) is 14.3. The topological polar surface area (TPSA) is 68.1 Å². The molecule has 0 bridgehead atoms. The highest BCUT2D eigenvalue weighted by Gasteiger charge is 2.22. The number of hydrogen-bond acceptors (Lipinski definition) is 4. The number of carbonyl (C=O) groups is 1. The van der Waals surface area contributed by atoms with Crippen LogP contribution in [0.25, 0.3) is 0 Å². The molecule has 0 aromatic carbocycles. The molecule has 1 unspecified atom stereocenters. The molecule has 1 atom stereocenters. The van der Waals surface area contributed by atoms with Gasteiger partial charge in [0.05, 0.1) is 13.0 Å². The molecule has 68 valence electrons. The average Bonchev–Trinajstić information content (AvgIpc) is 2.51. The number of rotatable bonds is 4.